The Morgan fingerprint density at radius 3 is 2.63 bits per heavy atom. The summed E-state index contributed by atoms with van der Waals surface area (Å²) in [5.41, 5.74) is 3.76. The van der Waals surface area contributed by atoms with Crippen LogP contribution in [0.15, 0.2) is 18.2 Å². The smallest absolute Gasteiger partial charge is 0.231 e. The summed E-state index contributed by atoms with van der Waals surface area (Å²) in [6.07, 6.45) is 1.61. The van der Waals surface area contributed by atoms with Crippen LogP contribution >= 0.6 is 0 Å². The molecule has 3 heteroatoms. The maximum Gasteiger partial charge on any atom is 0.231 e. The number of carbonyl (C=O) groups is 1. The minimum atomic E-state index is 0.184. The van der Waals surface area contributed by atoms with E-state index in [1.54, 1.807) is 4.90 Å². The molecular weight excluding hydrogens is 236 g/mol. The lowest BCUT2D eigenvalue weighted by Crippen LogP contribution is -2.22. The van der Waals surface area contributed by atoms with Crippen LogP contribution in [0.1, 0.15) is 44.4 Å². The van der Waals surface area contributed by atoms with Crippen molar-refractivity contribution < 1.29 is 4.79 Å². The molecule has 1 amide bonds. The molecule has 19 heavy (non-hydrogen) atoms. The molecule has 0 saturated carbocycles. The molecule has 1 atom stereocenters. The van der Waals surface area contributed by atoms with Gasteiger partial charge in [0, 0.05) is 18.8 Å². The lowest BCUT2D eigenvalue weighted by atomic mass is 9.85. The number of nitrogens with one attached hydrogen (secondary N) is 1. The minimum Gasteiger partial charge on any atom is -0.315 e. The van der Waals surface area contributed by atoms with Gasteiger partial charge in [-0.05, 0) is 36.1 Å². The second-order valence-corrected chi connectivity index (χ2v) is 6.62. The highest BCUT2D eigenvalue weighted by molar-refractivity contribution is 6.00. The van der Waals surface area contributed by atoms with Crippen LogP contribution in [0.2, 0.25) is 0 Å². The summed E-state index contributed by atoms with van der Waals surface area (Å²) in [4.78, 5) is 13.5. The molecule has 2 rings (SSSR count). The zero-order valence-corrected chi connectivity index (χ0v) is 12.6. The van der Waals surface area contributed by atoms with Gasteiger partial charge in [0.1, 0.15) is 0 Å². The van der Waals surface area contributed by atoms with Crippen molar-refractivity contribution in [1.29, 1.82) is 0 Å². The van der Waals surface area contributed by atoms with Gasteiger partial charge in [-0.2, -0.15) is 0 Å². The van der Waals surface area contributed by atoms with Gasteiger partial charge in [0.25, 0.3) is 0 Å². The van der Waals surface area contributed by atoms with Crippen molar-refractivity contribution in [3.63, 3.8) is 0 Å². The largest absolute Gasteiger partial charge is 0.315 e. The van der Waals surface area contributed by atoms with E-state index in [0.717, 1.165) is 17.7 Å². The van der Waals surface area contributed by atoms with Gasteiger partial charge in [-0.25, -0.2) is 0 Å². The first-order chi connectivity index (χ1) is 8.81. The number of likely N-dealkylation sites (N-methyl/N-ethyl adjacent to an activating group) is 1. The third-order valence-corrected chi connectivity index (χ3v) is 3.75. The Bertz CT molecular complexity index is 488. The molecule has 1 N–H and O–H groups in total. The van der Waals surface area contributed by atoms with Crippen LogP contribution < -0.4 is 10.2 Å². The van der Waals surface area contributed by atoms with Crippen molar-refractivity contribution in [2.45, 2.75) is 39.7 Å². The number of nitrogens with zero attached hydrogens (tertiary/aromatic N) is 1. The van der Waals surface area contributed by atoms with E-state index in [2.05, 4.69) is 44.3 Å². The Kier molecular flexibility index (Phi) is 3.68. The SMILES string of the molecule is CNC(CC(C)(C)C)c1ccc2c(c1)CC(=O)N2C. The molecule has 0 bridgehead atoms. The zero-order valence-electron chi connectivity index (χ0n) is 12.6. The number of anilines is 1. The van der Waals surface area contributed by atoms with Crippen molar-refractivity contribution in [3.8, 4) is 0 Å². The van der Waals surface area contributed by atoms with Gasteiger partial charge in [0.2, 0.25) is 5.91 Å². The van der Waals surface area contributed by atoms with Crippen molar-refractivity contribution in [1.82, 2.24) is 5.32 Å². The Morgan fingerprint density at radius 1 is 1.37 bits per heavy atom. The minimum absolute atomic E-state index is 0.184. The van der Waals surface area contributed by atoms with Crippen LogP contribution in [0.3, 0.4) is 0 Å². The first-order valence-electron chi connectivity index (χ1n) is 6.88. The fourth-order valence-electron chi connectivity index (χ4n) is 2.71. The van der Waals surface area contributed by atoms with E-state index >= 15 is 0 Å². The molecule has 104 valence electrons. The topological polar surface area (TPSA) is 32.3 Å². The van der Waals surface area contributed by atoms with E-state index in [1.807, 2.05) is 14.1 Å². The van der Waals surface area contributed by atoms with Crippen LogP contribution in [0.5, 0.6) is 0 Å². The Labute approximate surface area is 116 Å². The third-order valence-electron chi connectivity index (χ3n) is 3.75. The lowest BCUT2D eigenvalue weighted by Gasteiger charge is -2.26. The number of hydrogen-bond donors (Lipinski definition) is 1. The summed E-state index contributed by atoms with van der Waals surface area (Å²) in [5.74, 6) is 0.184. The average Bonchev–Trinajstić information content (AvgIpc) is 2.60. The average molecular weight is 260 g/mol. The predicted octanol–water partition coefficient (Wildman–Crippen LogP) is 2.90. The van der Waals surface area contributed by atoms with Crippen LogP contribution in [-0.2, 0) is 11.2 Å². The van der Waals surface area contributed by atoms with E-state index in [1.165, 1.54) is 5.56 Å². The summed E-state index contributed by atoms with van der Waals surface area (Å²) < 4.78 is 0. The number of fused-ring (bicyclic) bond motifs is 1. The highest BCUT2D eigenvalue weighted by Gasteiger charge is 2.26. The lowest BCUT2D eigenvalue weighted by molar-refractivity contribution is -0.117. The molecule has 0 spiro atoms. The number of carbonyl (C=O) groups excluding carboxylic acids is 1. The van der Waals surface area contributed by atoms with Gasteiger partial charge in [0.05, 0.1) is 6.42 Å². The van der Waals surface area contributed by atoms with Crippen LogP contribution in [0.25, 0.3) is 0 Å². The van der Waals surface area contributed by atoms with Gasteiger partial charge in [-0.3, -0.25) is 4.79 Å². The molecule has 0 fully saturated rings. The summed E-state index contributed by atoms with van der Waals surface area (Å²) in [7, 11) is 3.85. The summed E-state index contributed by atoms with van der Waals surface area (Å²) in [6, 6.07) is 6.74. The first-order valence-corrected chi connectivity index (χ1v) is 6.88. The van der Waals surface area contributed by atoms with E-state index in [-0.39, 0.29) is 11.3 Å². The van der Waals surface area contributed by atoms with Gasteiger partial charge in [-0.1, -0.05) is 32.9 Å². The monoisotopic (exact) mass is 260 g/mol. The number of hydrogen-bond acceptors (Lipinski definition) is 2. The molecule has 1 aliphatic rings. The molecule has 0 radical (unpaired) electrons. The summed E-state index contributed by atoms with van der Waals surface area (Å²) in [6.45, 7) is 6.76. The van der Waals surface area contributed by atoms with Crippen molar-refractivity contribution in [3.05, 3.63) is 29.3 Å². The Balaban J connectivity index is 2.27. The van der Waals surface area contributed by atoms with Gasteiger partial charge in [0.15, 0.2) is 0 Å². The van der Waals surface area contributed by atoms with Gasteiger partial charge >= 0.3 is 0 Å². The molecular formula is C16H24N2O. The predicted molar refractivity (Wildman–Crippen MR) is 79.4 cm³/mol. The van der Waals surface area contributed by atoms with E-state index in [9.17, 15) is 4.79 Å². The molecule has 1 aromatic carbocycles. The number of benzene rings is 1. The standard InChI is InChI=1S/C16H24N2O/c1-16(2,3)10-13(17-4)11-6-7-14-12(8-11)9-15(19)18(14)5/h6-8,13,17H,9-10H2,1-5H3. The second-order valence-electron chi connectivity index (χ2n) is 6.62. The summed E-state index contributed by atoms with van der Waals surface area (Å²) >= 11 is 0. The molecule has 1 aromatic rings. The number of amides is 1. The van der Waals surface area contributed by atoms with Crippen LogP contribution in [0, 0.1) is 5.41 Å². The van der Waals surface area contributed by atoms with Gasteiger partial charge in [-0.15, -0.1) is 0 Å². The Morgan fingerprint density at radius 2 is 2.05 bits per heavy atom. The normalized spacial score (nSPS) is 16.7. The van der Waals surface area contributed by atoms with Crippen molar-refractivity contribution in [2.24, 2.45) is 5.41 Å². The fraction of sp³-hybridized carbons (Fsp3) is 0.562. The maximum atomic E-state index is 11.7. The quantitative estimate of drug-likeness (QED) is 0.906. The van der Waals surface area contributed by atoms with Crippen LogP contribution in [0.4, 0.5) is 5.69 Å². The van der Waals surface area contributed by atoms with E-state index < -0.39 is 0 Å². The molecule has 1 heterocycles. The molecule has 0 aliphatic carbocycles. The van der Waals surface area contributed by atoms with E-state index in [4.69, 9.17) is 0 Å². The fourth-order valence-corrected chi connectivity index (χ4v) is 2.71. The maximum absolute atomic E-state index is 11.7. The molecule has 1 aliphatic heterocycles. The first kappa shape index (κ1) is 14.1. The Hall–Kier alpha value is -1.35. The van der Waals surface area contributed by atoms with E-state index in [0.29, 0.717) is 12.5 Å². The van der Waals surface area contributed by atoms with Gasteiger partial charge < -0.3 is 10.2 Å². The molecule has 0 aromatic heterocycles. The zero-order chi connectivity index (χ0) is 14.2. The number of rotatable bonds is 3. The van der Waals surface area contributed by atoms with Crippen LogP contribution in [-0.4, -0.2) is 20.0 Å². The highest BCUT2D eigenvalue weighted by Crippen LogP contribution is 2.34. The molecule has 3 nitrogen and oxygen atoms in total. The third kappa shape index (κ3) is 2.98. The summed E-state index contributed by atoms with van der Waals surface area (Å²) in [5, 5.41) is 3.39. The van der Waals surface area contributed by atoms with Crippen molar-refractivity contribution in [2.75, 3.05) is 19.0 Å². The highest BCUT2D eigenvalue weighted by atomic mass is 16.2. The molecule has 1 unspecified atom stereocenters. The molecule has 0 saturated heterocycles. The second kappa shape index (κ2) is 4.97. The van der Waals surface area contributed by atoms with Crippen molar-refractivity contribution >= 4 is 11.6 Å².